The molecule has 0 aliphatic carbocycles. The van der Waals surface area contributed by atoms with Crippen LogP contribution in [0.15, 0.2) is 88.5 Å². The lowest BCUT2D eigenvalue weighted by Gasteiger charge is -1.94. The van der Waals surface area contributed by atoms with Crippen LogP contribution in [0.25, 0.3) is 28.3 Å². The lowest BCUT2D eigenvalue weighted by Crippen LogP contribution is -2.18. The van der Waals surface area contributed by atoms with E-state index in [0.717, 1.165) is 27.2 Å². The zero-order valence-corrected chi connectivity index (χ0v) is 25.0. The molecule has 196 valence electrons. The highest BCUT2D eigenvalue weighted by atomic mass is 32.2. The Balaban J connectivity index is 0.000000152. The third-order valence-corrected chi connectivity index (χ3v) is 9.19. The van der Waals surface area contributed by atoms with Crippen molar-refractivity contribution in [2.45, 2.75) is 0 Å². The van der Waals surface area contributed by atoms with Gasteiger partial charge in [0, 0.05) is 4.88 Å². The number of carbonyl (C=O) groups is 3. The Kier molecular flexibility index (Phi) is 10.8. The molecule has 2 amide bonds. The molecule has 0 saturated carbocycles. The molecule has 0 bridgehead atoms. The minimum Gasteiger partial charge on any atom is -0.311 e. The van der Waals surface area contributed by atoms with Crippen LogP contribution in [-0.2, 0) is 9.59 Å². The Morgan fingerprint density at radius 1 is 0.718 bits per heavy atom. The predicted molar refractivity (Wildman–Crippen MR) is 174 cm³/mol. The van der Waals surface area contributed by atoms with Crippen LogP contribution in [0.1, 0.15) is 14.5 Å². The average molecular weight is 625 g/mol. The number of rotatable bonds is 4. The van der Waals surface area contributed by atoms with Gasteiger partial charge in [-0.1, -0.05) is 109 Å². The summed E-state index contributed by atoms with van der Waals surface area (Å²) in [5.41, 5.74) is 4.63. The van der Waals surface area contributed by atoms with Crippen molar-refractivity contribution in [3.63, 3.8) is 0 Å². The van der Waals surface area contributed by atoms with Gasteiger partial charge in [-0.2, -0.15) is 0 Å². The number of amides is 2. The van der Waals surface area contributed by atoms with Crippen molar-refractivity contribution < 1.29 is 14.4 Å². The summed E-state index contributed by atoms with van der Waals surface area (Å²) in [7, 11) is 0. The van der Waals surface area contributed by atoms with Gasteiger partial charge in [-0.3, -0.25) is 14.4 Å². The number of benzene rings is 2. The summed E-state index contributed by atoms with van der Waals surface area (Å²) in [6.07, 6.45) is 2.77. The molecule has 2 aliphatic rings. The van der Waals surface area contributed by atoms with Crippen molar-refractivity contribution in [1.82, 2.24) is 10.6 Å². The largest absolute Gasteiger partial charge is 0.311 e. The number of thiocarbonyl (C=S) groups is 2. The first-order valence-electron chi connectivity index (χ1n) is 11.4. The van der Waals surface area contributed by atoms with E-state index in [9.17, 15) is 14.4 Å². The van der Waals surface area contributed by atoms with Crippen LogP contribution in [-0.4, -0.2) is 32.5 Å². The summed E-state index contributed by atoms with van der Waals surface area (Å²) in [6, 6.07) is 24.2. The van der Waals surface area contributed by atoms with Gasteiger partial charge in [-0.25, -0.2) is 0 Å². The Morgan fingerprint density at radius 3 is 1.69 bits per heavy atom. The summed E-state index contributed by atoms with van der Waals surface area (Å²) >= 11 is 15.4. The maximum atomic E-state index is 11.6. The molecule has 5 nitrogen and oxygen atoms in total. The third kappa shape index (κ3) is 8.79. The zero-order chi connectivity index (χ0) is 27.6. The van der Waals surface area contributed by atoms with Crippen LogP contribution in [0.4, 0.5) is 0 Å². The van der Waals surface area contributed by atoms with Crippen LogP contribution < -0.4 is 10.6 Å². The van der Waals surface area contributed by atoms with Gasteiger partial charge < -0.3 is 10.6 Å². The van der Waals surface area contributed by atoms with Gasteiger partial charge in [0.15, 0.2) is 6.29 Å². The van der Waals surface area contributed by atoms with Crippen molar-refractivity contribution in [3.8, 4) is 22.3 Å². The molecule has 0 atom stereocenters. The van der Waals surface area contributed by atoms with E-state index < -0.39 is 0 Å². The van der Waals surface area contributed by atoms with Gasteiger partial charge in [0.2, 0.25) is 5.91 Å². The maximum absolute atomic E-state index is 11.6. The number of aldehydes is 1. The number of hydrogen-bond donors (Lipinski definition) is 2. The van der Waals surface area contributed by atoms with E-state index in [0.29, 0.717) is 19.3 Å². The van der Waals surface area contributed by atoms with Crippen LogP contribution in [0.2, 0.25) is 0 Å². The maximum Gasteiger partial charge on any atom is 0.263 e. The normalized spacial score (nSPS) is 15.1. The van der Waals surface area contributed by atoms with E-state index in [2.05, 4.69) is 46.4 Å². The van der Waals surface area contributed by atoms with E-state index in [1.54, 1.807) is 11.3 Å². The fourth-order valence-electron chi connectivity index (χ4n) is 3.27. The molecule has 2 aromatic carbocycles. The molecule has 2 aromatic heterocycles. The smallest absolute Gasteiger partial charge is 0.263 e. The fraction of sp³-hybridized carbons (Fsp3) is 0.0357. The molecule has 0 spiro atoms. The number of nitrogens with one attached hydrogen (secondary N) is 2. The zero-order valence-electron chi connectivity index (χ0n) is 20.1. The van der Waals surface area contributed by atoms with Gasteiger partial charge in [-0.15, -0.1) is 22.7 Å². The van der Waals surface area contributed by atoms with Gasteiger partial charge in [-0.05, 0) is 51.2 Å². The van der Waals surface area contributed by atoms with Gasteiger partial charge in [0.25, 0.3) is 5.91 Å². The van der Waals surface area contributed by atoms with Crippen molar-refractivity contribution in [3.05, 3.63) is 98.2 Å². The third-order valence-electron chi connectivity index (χ3n) is 5.06. The molecule has 6 rings (SSSR count). The van der Waals surface area contributed by atoms with Crippen molar-refractivity contribution in [2.75, 3.05) is 5.75 Å². The Labute approximate surface area is 253 Å². The summed E-state index contributed by atoms with van der Waals surface area (Å²) in [4.78, 5) is 34.8. The van der Waals surface area contributed by atoms with Crippen molar-refractivity contribution in [1.29, 1.82) is 0 Å². The molecular weight excluding hydrogens is 605 g/mol. The molecule has 4 aromatic rings. The van der Waals surface area contributed by atoms with Crippen LogP contribution >= 0.6 is 70.6 Å². The number of carbonyl (C=O) groups excluding carboxylic acids is 3. The average Bonchev–Trinajstić information content (AvgIpc) is 3.75. The standard InChI is InChI=1S/C14H9NOS3.C11H8OS.C3H3NOS2/c16-13-12(19-14(17)15-13)7-11-6-10(8-18-11)9-4-2-1-3-5-9;12-7-11-6-10(8-13-11)9-4-2-1-3-5-9;5-2-1-7-3(6)4-2/h1-8H,(H,15,16,17);1-8H;1H2,(H,4,5,6)/b12-7-;;. The molecule has 0 radical (unpaired) electrons. The van der Waals surface area contributed by atoms with E-state index in [1.165, 1.54) is 46.0 Å². The molecule has 4 heterocycles. The Morgan fingerprint density at radius 2 is 1.28 bits per heavy atom. The second-order valence-corrected chi connectivity index (χ2v) is 13.1. The van der Waals surface area contributed by atoms with E-state index in [1.807, 2.05) is 66.1 Å². The van der Waals surface area contributed by atoms with Crippen LogP contribution in [0.5, 0.6) is 0 Å². The lowest BCUT2D eigenvalue weighted by atomic mass is 10.1. The second-order valence-electron chi connectivity index (χ2n) is 7.80. The second kappa shape index (κ2) is 14.5. The minimum absolute atomic E-state index is 0.0231. The Bertz CT molecular complexity index is 1510. The lowest BCUT2D eigenvalue weighted by molar-refractivity contribution is -0.117. The molecule has 11 heteroatoms. The summed E-state index contributed by atoms with van der Waals surface area (Å²) in [6.45, 7) is 0. The number of thiophene rings is 2. The first-order valence-corrected chi connectivity index (χ1v) is 15.7. The van der Waals surface area contributed by atoms with E-state index in [4.69, 9.17) is 12.2 Å². The van der Waals surface area contributed by atoms with Gasteiger partial charge >= 0.3 is 0 Å². The highest BCUT2D eigenvalue weighted by molar-refractivity contribution is 8.27. The fourth-order valence-corrected chi connectivity index (χ4v) is 6.76. The van der Waals surface area contributed by atoms with E-state index in [-0.39, 0.29) is 11.8 Å². The molecule has 39 heavy (non-hydrogen) atoms. The molecule has 2 saturated heterocycles. The Hall–Kier alpha value is -2.93. The molecular formula is C28H20N2O3S6. The van der Waals surface area contributed by atoms with E-state index >= 15 is 0 Å². The monoisotopic (exact) mass is 624 g/mol. The molecule has 2 fully saturated rings. The van der Waals surface area contributed by atoms with Gasteiger partial charge in [0.05, 0.1) is 15.5 Å². The van der Waals surface area contributed by atoms with Crippen LogP contribution in [0.3, 0.4) is 0 Å². The van der Waals surface area contributed by atoms with Crippen molar-refractivity contribution in [2.24, 2.45) is 0 Å². The highest BCUT2D eigenvalue weighted by Gasteiger charge is 2.22. The quantitative estimate of drug-likeness (QED) is 0.141. The summed E-state index contributed by atoms with van der Waals surface area (Å²) < 4.78 is 1.13. The minimum atomic E-state index is -0.107. The first-order chi connectivity index (χ1) is 18.9. The molecule has 2 N–H and O–H groups in total. The predicted octanol–water partition coefficient (Wildman–Crippen LogP) is 7.27. The first kappa shape index (κ1) is 29.1. The molecule has 0 unspecified atom stereocenters. The van der Waals surface area contributed by atoms with Crippen LogP contribution in [0, 0.1) is 0 Å². The summed E-state index contributed by atoms with van der Waals surface area (Å²) in [5, 5.41) is 9.18. The van der Waals surface area contributed by atoms with Gasteiger partial charge in [0.1, 0.15) is 8.64 Å². The number of hydrogen-bond acceptors (Lipinski definition) is 9. The highest BCUT2D eigenvalue weighted by Crippen LogP contribution is 2.31. The number of thioether (sulfide) groups is 2. The van der Waals surface area contributed by atoms with Crippen molar-refractivity contribution >= 4 is 103 Å². The SMILES string of the molecule is O=C1CSC(=S)N1.O=C1NC(=S)S/C1=C\c1cc(-c2ccccc2)cs1.O=Cc1cc(-c2ccccc2)cs1. The summed E-state index contributed by atoms with van der Waals surface area (Å²) in [5.74, 6) is 0.415. The molecule has 2 aliphatic heterocycles. The topological polar surface area (TPSA) is 75.3 Å².